The van der Waals surface area contributed by atoms with E-state index in [2.05, 4.69) is 4.90 Å². The zero-order valence-corrected chi connectivity index (χ0v) is 17.6. The third kappa shape index (κ3) is 2.44. The standard InChI is InChI=1S/C24H27NO5/c1-14(2)5-4-6-19(27)29-17-8-7-15-13-18-24(28)10-9-16(26)22-23(24,11-12-25(18)3)20(15)21(17)30-22/h4-8,18,22,28H,9-13H2,1-3H3/b6-4+/t18-,22+,23+,24-/m1/s1. The monoisotopic (exact) mass is 409 g/mol. The Labute approximate surface area is 176 Å². The molecule has 4 atom stereocenters. The van der Waals surface area contributed by atoms with Gasteiger partial charge in [0.1, 0.15) is 0 Å². The van der Waals surface area contributed by atoms with E-state index in [9.17, 15) is 14.7 Å². The smallest absolute Gasteiger partial charge is 0.336 e. The van der Waals surface area contributed by atoms with E-state index in [0.717, 1.165) is 23.2 Å². The highest BCUT2D eigenvalue weighted by Crippen LogP contribution is 2.64. The Balaban J connectivity index is 1.60. The molecule has 4 aliphatic rings. The molecule has 2 aliphatic carbocycles. The molecule has 2 aliphatic heterocycles. The molecule has 2 bridgehead atoms. The van der Waals surface area contributed by atoms with E-state index in [1.807, 2.05) is 33.0 Å². The Morgan fingerprint density at radius 1 is 1.33 bits per heavy atom. The molecule has 0 aromatic heterocycles. The van der Waals surface area contributed by atoms with Gasteiger partial charge in [0, 0.05) is 24.1 Å². The van der Waals surface area contributed by atoms with Crippen molar-refractivity contribution in [3.63, 3.8) is 0 Å². The van der Waals surface area contributed by atoms with E-state index < -0.39 is 23.1 Å². The predicted octanol–water partition coefficient (Wildman–Crippen LogP) is 2.47. The van der Waals surface area contributed by atoms with Gasteiger partial charge in [-0.2, -0.15) is 0 Å². The molecular formula is C24H27NO5. The van der Waals surface area contributed by atoms with E-state index in [1.54, 1.807) is 12.1 Å². The molecule has 0 radical (unpaired) electrons. The van der Waals surface area contributed by atoms with E-state index in [1.165, 1.54) is 6.08 Å². The largest absolute Gasteiger partial charge is 0.477 e. The summed E-state index contributed by atoms with van der Waals surface area (Å²) in [5.41, 5.74) is 1.24. The molecule has 1 saturated heterocycles. The van der Waals surface area contributed by atoms with Gasteiger partial charge in [-0.25, -0.2) is 4.79 Å². The molecule has 2 fully saturated rings. The number of likely N-dealkylation sites (N-methyl/N-ethyl adjacent to an activating group) is 1. The van der Waals surface area contributed by atoms with Crippen molar-refractivity contribution in [1.29, 1.82) is 0 Å². The van der Waals surface area contributed by atoms with E-state index in [0.29, 0.717) is 37.2 Å². The SMILES string of the molecule is CC(C)=C/C=C/C(=O)Oc1ccc2c3c1O[C@H]1C(=O)CC[C@@]4(O)[C@@H](C2)N(C)CC[C@]314. The van der Waals surface area contributed by atoms with Crippen molar-refractivity contribution >= 4 is 11.8 Å². The summed E-state index contributed by atoms with van der Waals surface area (Å²) >= 11 is 0. The Hall–Kier alpha value is -2.44. The lowest BCUT2D eigenvalue weighted by Gasteiger charge is -2.61. The summed E-state index contributed by atoms with van der Waals surface area (Å²) in [5, 5.41) is 11.9. The maximum absolute atomic E-state index is 12.9. The molecule has 30 heavy (non-hydrogen) atoms. The van der Waals surface area contributed by atoms with Crippen LogP contribution in [0.5, 0.6) is 11.5 Å². The summed E-state index contributed by atoms with van der Waals surface area (Å²) < 4.78 is 11.8. The fraction of sp³-hybridized carbons (Fsp3) is 0.500. The van der Waals surface area contributed by atoms with Gasteiger partial charge in [0.15, 0.2) is 23.4 Å². The average molecular weight is 409 g/mol. The number of carbonyl (C=O) groups excluding carboxylic acids is 2. The number of allylic oxidation sites excluding steroid dienone is 3. The van der Waals surface area contributed by atoms with Crippen LogP contribution in [-0.2, 0) is 21.4 Å². The number of ketones is 1. The second kappa shape index (κ2) is 6.53. The number of ether oxygens (including phenoxy) is 2. The fourth-order valence-electron chi connectivity index (χ4n) is 6.07. The summed E-state index contributed by atoms with van der Waals surface area (Å²) in [6, 6.07) is 3.66. The minimum absolute atomic E-state index is 0.0211. The molecule has 1 saturated carbocycles. The maximum atomic E-state index is 12.9. The molecule has 2 heterocycles. The third-order valence-electron chi connectivity index (χ3n) is 7.38. The van der Waals surface area contributed by atoms with Crippen LogP contribution >= 0.6 is 0 Å². The normalized spacial score (nSPS) is 33.8. The van der Waals surface area contributed by atoms with Gasteiger partial charge in [-0.15, -0.1) is 0 Å². The van der Waals surface area contributed by atoms with Gasteiger partial charge in [-0.3, -0.25) is 4.79 Å². The van der Waals surface area contributed by atoms with E-state index >= 15 is 0 Å². The third-order valence-corrected chi connectivity index (χ3v) is 7.38. The van der Waals surface area contributed by atoms with Crippen molar-refractivity contribution < 1.29 is 24.2 Å². The Morgan fingerprint density at radius 2 is 2.13 bits per heavy atom. The summed E-state index contributed by atoms with van der Waals surface area (Å²) in [4.78, 5) is 27.5. The first kappa shape index (κ1) is 19.5. The molecule has 1 aromatic rings. The average Bonchev–Trinajstić information content (AvgIpc) is 3.05. The number of piperidine rings is 1. The molecule has 6 heteroatoms. The van der Waals surface area contributed by atoms with Gasteiger partial charge >= 0.3 is 5.97 Å². The van der Waals surface area contributed by atoms with E-state index in [4.69, 9.17) is 9.47 Å². The van der Waals surface area contributed by atoms with Crippen LogP contribution in [0.1, 0.15) is 44.2 Å². The molecule has 5 rings (SSSR count). The maximum Gasteiger partial charge on any atom is 0.336 e. The minimum atomic E-state index is -1.02. The molecule has 1 spiro atoms. The lowest BCUT2D eigenvalue weighted by atomic mass is 9.49. The highest BCUT2D eigenvalue weighted by molar-refractivity contribution is 5.90. The van der Waals surface area contributed by atoms with Crippen molar-refractivity contribution in [2.45, 2.75) is 62.7 Å². The summed E-state index contributed by atoms with van der Waals surface area (Å²) in [5.74, 6) is 0.293. The fourth-order valence-corrected chi connectivity index (χ4v) is 6.07. The highest BCUT2D eigenvalue weighted by atomic mass is 16.6. The van der Waals surface area contributed by atoms with Crippen LogP contribution in [0.25, 0.3) is 0 Å². The van der Waals surface area contributed by atoms with Gasteiger partial charge in [0.05, 0.1) is 11.0 Å². The zero-order chi connectivity index (χ0) is 21.3. The number of hydrogen-bond acceptors (Lipinski definition) is 6. The van der Waals surface area contributed by atoms with Crippen LogP contribution in [0.2, 0.25) is 0 Å². The first-order valence-electron chi connectivity index (χ1n) is 10.6. The van der Waals surface area contributed by atoms with Gasteiger partial charge in [-0.1, -0.05) is 23.8 Å². The van der Waals surface area contributed by atoms with Gasteiger partial charge in [-0.05, 0) is 58.3 Å². The first-order valence-corrected chi connectivity index (χ1v) is 10.6. The van der Waals surface area contributed by atoms with Crippen LogP contribution in [0.4, 0.5) is 0 Å². The lowest BCUT2D eigenvalue weighted by Crippen LogP contribution is -2.76. The number of Topliss-reactive ketones (excluding diaryl/α,β-unsaturated/α-hetero) is 1. The van der Waals surface area contributed by atoms with Gasteiger partial charge in [0.2, 0.25) is 0 Å². The Morgan fingerprint density at radius 3 is 2.90 bits per heavy atom. The van der Waals surface area contributed by atoms with Crippen molar-refractivity contribution in [1.82, 2.24) is 4.90 Å². The topological polar surface area (TPSA) is 76.1 Å². The number of rotatable bonds is 3. The quantitative estimate of drug-likeness (QED) is 0.358. The van der Waals surface area contributed by atoms with Crippen LogP contribution < -0.4 is 9.47 Å². The number of carbonyl (C=O) groups is 2. The Kier molecular flexibility index (Phi) is 4.25. The molecule has 0 unspecified atom stereocenters. The van der Waals surface area contributed by atoms with Crippen LogP contribution in [-0.4, -0.2) is 53.1 Å². The van der Waals surface area contributed by atoms with Gasteiger partial charge < -0.3 is 19.5 Å². The number of nitrogens with zero attached hydrogens (tertiary/aromatic N) is 1. The first-order chi connectivity index (χ1) is 14.3. The second-order valence-corrected chi connectivity index (χ2v) is 9.26. The predicted molar refractivity (Wildman–Crippen MR) is 111 cm³/mol. The lowest BCUT2D eigenvalue weighted by molar-refractivity contribution is -0.185. The number of aliphatic hydroxyl groups is 1. The molecule has 6 nitrogen and oxygen atoms in total. The molecule has 158 valence electrons. The van der Waals surface area contributed by atoms with Crippen molar-refractivity contribution in [2.24, 2.45) is 0 Å². The van der Waals surface area contributed by atoms with Gasteiger partial charge in [0.25, 0.3) is 0 Å². The number of esters is 1. The van der Waals surface area contributed by atoms with E-state index in [-0.39, 0.29) is 11.8 Å². The van der Waals surface area contributed by atoms with Crippen molar-refractivity contribution in [3.05, 3.63) is 47.1 Å². The number of benzene rings is 1. The molecule has 1 aromatic carbocycles. The molecule has 0 amide bonds. The van der Waals surface area contributed by atoms with Crippen LogP contribution in [0.3, 0.4) is 0 Å². The Bertz CT molecular complexity index is 1010. The summed E-state index contributed by atoms with van der Waals surface area (Å²) in [7, 11) is 2.04. The summed E-state index contributed by atoms with van der Waals surface area (Å²) in [6.45, 7) is 4.68. The second-order valence-electron chi connectivity index (χ2n) is 9.26. The number of hydrogen-bond donors (Lipinski definition) is 1. The van der Waals surface area contributed by atoms with Crippen molar-refractivity contribution in [3.8, 4) is 11.5 Å². The molecular weight excluding hydrogens is 382 g/mol. The van der Waals surface area contributed by atoms with Crippen LogP contribution in [0, 0.1) is 0 Å². The highest BCUT2D eigenvalue weighted by Gasteiger charge is 2.72. The minimum Gasteiger partial charge on any atom is -0.477 e. The zero-order valence-electron chi connectivity index (χ0n) is 17.6. The summed E-state index contributed by atoms with van der Waals surface area (Å²) in [6.07, 6.45) is 6.20. The van der Waals surface area contributed by atoms with Crippen LogP contribution in [0.15, 0.2) is 35.9 Å². The van der Waals surface area contributed by atoms with Crippen molar-refractivity contribution in [2.75, 3.05) is 13.6 Å². The molecule has 1 N–H and O–H groups in total. The number of likely N-dealkylation sites (tertiary alicyclic amines) is 1.